The zero-order valence-corrected chi connectivity index (χ0v) is 16.6. The molecular formula is C23H28N4O. The smallest absolute Gasteiger partial charge is 0.227 e. The van der Waals surface area contributed by atoms with Gasteiger partial charge in [0.25, 0.3) is 0 Å². The molecule has 2 aromatic carbocycles. The number of hydrogen-bond acceptors (Lipinski definition) is 5. The molecule has 146 valence electrons. The van der Waals surface area contributed by atoms with Crippen molar-refractivity contribution >= 4 is 11.6 Å². The number of para-hydroxylation sites is 1. The molecule has 1 aromatic heterocycles. The van der Waals surface area contributed by atoms with Gasteiger partial charge in [0.15, 0.2) is 0 Å². The number of nitrogens with zero attached hydrogens (tertiary/aromatic N) is 3. The summed E-state index contributed by atoms with van der Waals surface area (Å²) >= 11 is 0. The standard InChI is InChI=1S/C23H28N4O/c1-27(2)16-7-4-8-17-28-21-13-9-10-19(18-21)22-14-15-24-23(26-22)25-20-11-5-3-6-12-20/h3,5-6,9-15,18H,4,7-8,16-17H2,1-2H3,(H,24,25,26). The summed E-state index contributed by atoms with van der Waals surface area (Å²) in [5, 5.41) is 3.23. The molecule has 5 nitrogen and oxygen atoms in total. The molecule has 0 saturated heterocycles. The van der Waals surface area contributed by atoms with Crippen molar-refractivity contribution in [1.29, 1.82) is 0 Å². The Kier molecular flexibility index (Phi) is 7.38. The Morgan fingerprint density at radius 1 is 0.929 bits per heavy atom. The van der Waals surface area contributed by atoms with Crippen molar-refractivity contribution in [2.45, 2.75) is 19.3 Å². The van der Waals surface area contributed by atoms with Crippen LogP contribution < -0.4 is 10.1 Å². The Bertz CT molecular complexity index is 852. The lowest BCUT2D eigenvalue weighted by molar-refractivity contribution is 0.299. The van der Waals surface area contributed by atoms with Gasteiger partial charge in [0, 0.05) is 17.4 Å². The largest absolute Gasteiger partial charge is 0.494 e. The topological polar surface area (TPSA) is 50.3 Å². The minimum absolute atomic E-state index is 0.580. The van der Waals surface area contributed by atoms with Crippen LogP contribution in [0, 0.1) is 0 Å². The number of aromatic nitrogens is 2. The van der Waals surface area contributed by atoms with Crippen LogP contribution in [0.15, 0.2) is 66.9 Å². The molecule has 5 heteroatoms. The Morgan fingerprint density at radius 3 is 2.61 bits per heavy atom. The molecule has 0 spiro atoms. The van der Waals surface area contributed by atoms with Gasteiger partial charge in [-0.1, -0.05) is 30.3 Å². The van der Waals surface area contributed by atoms with E-state index >= 15 is 0 Å². The van der Waals surface area contributed by atoms with Crippen LogP contribution in [-0.2, 0) is 0 Å². The zero-order chi connectivity index (χ0) is 19.6. The lowest BCUT2D eigenvalue weighted by Crippen LogP contribution is -2.13. The first-order valence-electron chi connectivity index (χ1n) is 9.74. The number of nitrogens with one attached hydrogen (secondary N) is 1. The second kappa shape index (κ2) is 10.4. The van der Waals surface area contributed by atoms with E-state index < -0.39 is 0 Å². The molecule has 3 rings (SSSR count). The van der Waals surface area contributed by atoms with Crippen LogP contribution in [0.2, 0.25) is 0 Å². The molecule has 0 aliphatic carbocycles. The molecule has 1 N–H and O–H groups in total. The highest BCUT2D eigenvalue weighted by Gasteiger charge is 2.05. The zero-order valence-electron chi connectivity index (χ0n) is 16.6. The minimum Gasteiger partial charge on any atom is -0.494 e. The van der Waals surface area contributed by atoms with Gasteiger partial charge >= 0.3 is 0 Å². The van der Waals surface area contributed by atoms with E-state index in [4.69, 9.17) is 4.74 Å². The summed E-state index contributed by atoms with van der Waals surface area (Å²) in [5.41, 5.74) is 2.85. The molecule has 0 unspecified atom stereocenters. The maximum absolute atomic E-state index is 5.93. The minimum atomic E-state index is 0.580. The van der Waals surface area contributed by atoms with E-state index in [1.807, 2.05) is 60.7 Å². The summed E-state index contributed by atoms with van der Waals surface area (Å²) in [5.74, 6) is 1.46. The number of benzene rings is 2. The molecule has 1 heterocycles. The number of unbranched alkanes of at least 4 members (excludes halogenated alkanes) is 2. The van der Waals surface area contributed by atoms with Crippen LogP contribution in [0.3, 0.4) is 0 Å². The highest BCUT2D eigenvalue weighted by molar-refractivity contribution is 5.63. The van der Waals surface area contributed by atoms with Crippen LogP contribution >= 0.6 is 0 Å². The summed E-state index contributed by atoms with van der Waals surface area (Å²) in [6.07, 6.45) is 5.22. The summed E-state index contributed by atoms with van der Waals surface area (Å²) in [4.78, 5) is 11.2. The maximum atomic E-state index is 5.93. The monoisotopic (exact) mass is 376 g/mol. The number of rotatable bonds is 10. The SMILES string of the molecule is CN(C)CCCCCOc1cccc(-c2ccnc(Nc3ccccc3)n2)c1. The van der Waals surface area contributed by atoms with E-state index in [2.05, 4.69) is 34.3 Å². The molecule has 0 atom stereocenters. The van der Waals surface area contributed by atoms with Gasteiger partial charge in [-0.3, -0.25) is 0 Å². The van der Waals surface area contributed by atoms with E-state index in [1.54, 1.807) is 6.20 Å². The maximum Gasteiger partial charge on any atom is 0.227 e. The third-order valence-corrected chi connectivity index (χ3v) is 4.33. The van der Waals surface area contributed by atoms with Crippen molar-refractivity contribution in [3.63, 3.8) is 0 Å². The molecule has 3 aromatic rings. The normalized spacial score (nSPS) is 10.8. The van der Waals surface area contributed by atoms with Crippen molar-refractivity contribution < 1.29 is 4.74 Å². The third kappa shape index (κ3) is 6.35. The first-order valence-corrected chi connectivity index (χ1v) is 9.74. The molecule has 0 amide bonds. The van der Waals surface area contributed by atoms with E-state index in [1.165, 1.54) is 12.8 Å². The summed E-state index contributed by atoms with van der Waals surface area (Å²) < 4.78 is 5.93. The van der Waals surface area contributed by atoms with Gasteiger partial charge in [0.2, 0.25) is 5.95 Å². The first-order chi connectivity index (χ1) is 13.7. The molecule has 28 heavy (non-hydrogen) atoms. The molecule has 0 radical (unpaired) electrons. The fraction of sp³-hybridized carbons (Fsp3) is 0.304. The third-order valence-electron chi connectivity index (χ3n) is 4.33. The van der Waals surface area contributed by atoms with Gasteiger partial charge in [-0.25, -0.2) is 9.97 Å². The van der Waals surface area contributed by atoms with Gasteiger partial charge in [-0.15, -0.1) is 0 Å². The lowest BCUT2D eigenvalue weighted by atomic mass is 10.1. The Hall–Kier alpha value is -2.92. The highest BCUT2D eigenvalue weighted by atomic mass is 16.5. The Morgan fingerprint density at radius 2 is 1.79 bits per heavy atom. The molecule has 0 fully saturated rings. The van der Waals surface area contributed by atoms with Crippen molar-refractivity contribution in [3.05, 3.63) is 66.9 Å². The second-order valence-electron chi connectivity index (χ2n) is 7.00. The van der Waals surface area contributed by atoms with Crippen LogP contribution in [0.4, 0.5) is 11.6 Å². The molecule has 0 aliphatic heterocycles. The molecule has 0 saturated carbocycles. The van der Waals surface area contributed by atoms with Gasteiger partial charge in [-0.05, 0) is 70.2 Å². The fourth-order valence-corrected chi connectivity index (χ4v) is 2.87. The van der Waals surface area contributed by atoms with Crippen molar-refractivity contribution in [2.24, 2.45) is 0 Å². The van der Waals surface area contributed by atoms with Crippen LogP contribution in [-0.4, -0.2) is 42.1 Å². The highest BCUT2D eigenvalue weighted by Crippen LogP contribution is 2.23. The van der Waals surface area contributed by atoms with Crippen molar-refractivity contribution in [1.82, 2.24) is 14.9 Å². The van der Waals surface area contributed by atoms with Crippen LogP contribution in [0.25, 0.3) is 11.3 Å². The van der Waals surface area contributed by atoms with Gasteiger partial charge in [0.05, 0.1) is 12.3 Å². The summed E-state index contributed by atoms with van der Waals surface area (Å²) in [6.45, 7) is 1.87. The number of anilines is 2. The van der Waals surface area contributed by atoms with Crippen molar-refractivity contribution in [3.8, 4) is 17.0 Å². The lowest BCUT2D eigenvalue weighted by Gasteiger charge is -2.10. The van der Waals surface area contributed by atoms with Crippen LogP contribution in [0.1, 0.15) is 19.3 Å². The Labute approximate surface area is 167 Å². The Balaban J connectivity index is 1.58. The average molecular weight is 377 g/mol. The summed E-state index contributed by atoms with van der Waals surface area (Å²) in [7, 11) is 4.21. The van der Waals surface area contributed by atoms with Gasteiger partial charge in [-0.2, -0.15) is 0 Å². The predicted molar refractivity (Wildman–Crippen MR) is 115 cm³/mol. The first kappa shape index (κ1) is 19.8. The second-order valence-corrected chi connectivity index (χ2v) is 7.00. The fourth-order valence-electron chi connectivity index (χ4n) is 2.87. The summed E-state index contributed by atoms with van der Waals surface area (Å²) in [6, 6.07) is 19.9. The van der Waals surface area contributed by atoms with E-state index in [0.29, 0.717) is 5.95 Å². The number of ether oxygens (including phenoxy) is 1. The van der Waals surface area contributed by atoms with E-state index in [-0.39, 0.29) is 0 Å². The number of hydrogen-bond donors (Lipinski definition) is 1. The molecule has 0 bridgehead atoms. The molecular weight excluding hydrogens is 348 g/mol. The quantitative estimate of drug-likeness (QED) is 0.505. The predicted octanol–water partition coefficient (Wildman–Crippen LogP) is 5.00. The van der Waals surface area contributed by atoms with E-state index in [0.717, 1.165) is 42.3 Å². The van der Waals surface area contributed by atoms with Crippen molar-refractivity contribution in [2.75, 3.05) is 32.6 Å². The van der Waals surface area contributed by atoms with E-state index in [9.17, 15) is 0 Å². The van der Waals surface area contributed by atoms with Crippen LogP contribution in [0.5, 0.6) is 5.75 Å². The molecule has 0 aliphatic rings. The average Bonchev–Trinajstić information content (AvgIpc) is 2.72. The van der Waals surface area contributed by atoms with Gasteiger partial charge < -0.3 is 15.0 Å². The van der Waals surface area contributed by atoms with Gasteiger partial charge in [0.1, 0.15) is 5.75 Å².